The number of methoxy groups -OCH3 is 1. The van der Waals surface area contributed by atoms with E-state index in [0.29, 0.717) is 19.4 Å². The van der Waals surface area contributed by atoms with Gasteiger partial charge in [-0.25, -0.2) is 4.79 Å². The number of amides is 1. The van der Waals surface area contributed by atoms with Crippen molar-refractivity contribution in [3.8, 4) is 5.75 Å². The van der Waals surface area contributed by atoms with E-state index in [1.54, 1.807) is 7.11 Å². The normalized spacial score (nSPS) is 11.9. The van der Waals surface area contributed by atoms with Crippen LogP contribution < -0.4 is 11.1 Å². The fourth-order valence-corrected chi connectivity index (χ4v) is 1.57. The van der Waals surface area contributed by atoms with Crippen LogP contribution in [0.1, 0.15) is 23.2 Å². The van der Waals surface area contributed by atoms with Gasteiger partial charge in [-0.1, -0.05) is 0 Å². The Morgan fingerprint density at radius 2 is 2.15 bits per heavy atom. The van der Waals surface area contributed by atoms with Crippen LogP contribution in [0.3, 0.4) is 0 Å². The average Bonchev–Trinajstić information content (AvgIpc) is 2.41. The van der Waals surface area contributed by atoms with Crippen LogP contribution in [-0.2, 0) is 9.53 Å². The number of carbonyl (C=O) groups is 2. The Hall–Kier alpha value is -2.12. The van der Waals surface area contributed by atoms with Gasteiger partial charge in [0.05, 0.1) is 17.3 Å². The summed E-state index contributed by atoms with van der Waals surface area (Å²) in [6.07, 6.45) is 1.06. The van der Waals surface area contributed by atoms with Crippen molar-refractivity contribution in [1.29, 1.82) is 0 Å². The lowest BCUT2D eigenvalue weighted by Crippen LogP contribution is -2.35. The lowest BCUT2D eigenvalue weighted by molar-refractivity contribution is -0.117. The molecule has 0 heterocycles. The number of hydrogen-bond acceptors (Lipinski definition) is 5. The summed E-state index contributed by atoms with van der Waals surface area (Å²) in [6, 6.07) is 2.87. The van der Waals surface area contributed by atoms with Crippen LogP contribution in [0.2, 0.25) is 0 Å². The quantitative estimate of drug-likeness (QED) is 0.433. The Labute approximate surface area is 116 Å². The summed E-state index contributed by atoms with van der Waals surface area (Å²) in [4.78, 5) is 22.6. The number of phenols is 1. The molecule has 5 N–H and O–H groups in total. The summed E-state index contributed by atoms with van der Waals surface area (Å²) in [6.45, 7) is 0.501. The lowest BCUT2D eigenvalue weighted by Gasteiger charge is -2.13. The standard InChI is InChI=1S/C13H18N2O5/c1-20-6-2-3-9(14)12(17)15-10-7-8(13(18)19)4-5-11(10)16/h4-5,7,9,16H,2-3,6,14H2,1H3,(H,15,17)(H,18,19). The molecular weight excluding hydrogens is 264 g/mol. The second-order valence-corrected chi connectivity index (χ2v) is 4.27. The highest BCUT2D eigenvalue weighted by atomic mass is 16.5. The predicted molar refractivity (Wildman–Crippen MR) is 72.8 cm³/mol. The zero-order chi connectivity index (χ0) is 15.1. The topological polar surface area (TPSA) is 122 Å². The molecule has 0 aliphatic carbocycles. The summed E-state index contributed by atoms with van der Waals surface area (Å²) in [5, 5.41) is 20.9. The van der Waals surface area contributed by atoms with Crippen molar-refractivity contribution >= 4 is 17.6 Å². The number of benzene rings is 1. The molecule has 1 atom stereocenters. The molecule has 0 spiro atoms. The first kappa shape index (κ1) is 15.9. The van der Waals surface area contributed by atoms with Gasteiger partial charge >= 0.3 is 5.97 Å². The van der Waals surface area contributed by atoms with Gasteiger partial charge in [-0.15, -0.1) is 0 Å². The molecule has 1 rings (SSSR count). The second kappa shape index (κ2) is 7.46. The summed E-state index contributed by atoms with van der Waals surface area (Å²) < 4.78 is 4.86. The molecule has 1 amide bonds. The lowest BCUT2D eigenvalue weighted by atomic mass is 10.1. The molecule has 1 aromatic carbocycles. The molecule has 0 aromatic heterocycles. The molecule has 0 aliphatic heterocycles. The van der Waals surface area contributed by atoms with Crippen LogP contribution >= 0.6 is 0 Å². The number of phenolic OH excluding ortho intramolecular Hbond substituents is 1. The van der Waals surface area contributed by atoms with E-state index in [0.717, 1.165) is 0 Å². The van der Waals surface area contributed by atoms with Crippen LogP contribution in [0.4, 0.5) is 5.69 Å². The van der Waals surface area contributed by atoms with Crippen molar-refractivity contribution in [2.45, 2.75) is 18.9 Å². The molecule has 1 aromatic rings. The number of ether oxygens (including phenoxy) is 1. The van der Waals surface area contributed by atoms with Gasteiger partial charge in [0.15, 0.2) is 0 Å². The number of carbonyl (C=O) groups excluding carboxylic acids is 1. The van der Waals surface area contributed by atoms with E-state index in [2.05, 4.69) is 5.32 Å². The number of anilines is 1. The van der Waals surface area contributed by atoms with Gasteiger partial charge in [0.1, 0.15) is 5.75 Å². The number of carboxylic acids is 1. The van der Waals surface area contributed by atoms with E-state index < -0.39 is 17.9 Å². The van der Waals surface area contributed by atoms with Gasteiger partial charge in [0, 0.05) is 13.7 Å². The number of aromatic carboxylic acids is 1. The highest BCUT2D eigenvalue weighted by molar-refractivity contribution is 5.97. The zero-order valence-electron chi connectivity index (χ0n) is 11.1. The monoisotopic (exact) mass is 282 g/mol. The van der Waals surface area contributed by atoms with Crippen molar-refractivity contribution in [3.05, 3.63) is 23.8 Å². The molecule has 0 fully saturated rings. The SMILES string of the molecule is COCCCC(N)C(=O)Nc1cc(C(=O)O)ccc1O. The smallest absolute Gasteiger partial charge is 0.335 e. The molecule has 110 valence electrons. The number of nitrogens with two attached hydrogens (primary N) is 1. The van der Waals surface area contributed by atoms with Gasteiger partial charge < -0.3 is 26.0 Å². The van der Waals surface area contributed by atoms with Crippen molar-refractivity contribution in [2.75, 3.05) is 19.0 Å². The zero-order valence-corrected chi connectivity index (χ0v) is 11.1. The average molecular weight is 282 g/mol. The predicted octanol–water partition coefficient (Wildman–Crippen LogP) is 0.783. The van der Waals surface area contributed by atoms with Gasteiger partial charge in [-0.2, -0.15) is 0 Å². The van der Waals surface area contributed by atoms with Crippen LogP contribution in [0.15, 0.2) is 18.2 Å². The van der Waals surface area contributed by atoms with E-state index in [9.17, 15) is 14.7 Å². The van der Waals surface area contributed by atoms with E-state index >= 15 is 0 Å². The van der Waals surface area contributed by atoms with Gasteiger partial charge in [0.25, 0.3) is 0 Å². The van der Waals surface area contributed by atoms with Gasteiger partial charge in [0.2, 0.25) is 5.91 Å². The first-order valence-electron chi connectivity index (χ1n) is 6.07. The van der Waals surface area contributed by atoms with Gasteiger partial charge in [-0.05, 0) is 31.0 Å². The Bertz CT molecular complexity index is 490. The maximum atomic E-state index is 11.8. The first-order valence-corrected chi connectivity index (χ1v) is 6.07. The van der Waals surface area contributed by atoms with Crippen LogP contribution in [-0.4, -0.2) is 41.8 Å². The second-order valence-electron chi connectivity index (χ2n) is 4.27. The fourth-order valence-electron chi connectivity index (χ4n) is 1.57. The fraction of sp³-hybridized carbons (Fsp3) is 0.385. The number of carboxylic acid groups (broad SMARTS) is 1. The van der Waals surface area contributed by atoms with Crippen LogP contribution in [0.5, 0.6) is 5.75 Å². The van der Waals surface area contributed by atoms with E-state index in [1.165, 1.54) is 18.2 Å². The summed E-state index contributed by atoms with van der Waals surface area (Å²) in [5.74, 6) is -1.85. The third-order valence-corrected chi connectivity index (χ3v) is 2.70. The largest absolute Gasteiger partial charge is 0.506 e. The molecular formula is C13H18N2O5. The number of hydrogen-bond donors (Lipinski definition) is 4. The van der Waals surface area contributed by atoms with Crippen molar-refractivity contribution in [3.63, 3.8) is 0 Å². The van der Waals surface area contributed by atoms with Crippen molar-refractivity contribution < 1.29 is 24.5 Å². The molecule has 0 bridgehead atoms. The number of nitrogens with one attached hydrogen (secondary N) is 1. The Kier molecular flexibility index (Phi) is 5.95. The first-order chi connectivity index (χ1) is 9.45. The summed E-state index contributed by atoms with van der Waals surface area (Å²) >= 11 is 0. The molecule has 0 saturated carbocycles. The van der Waals surface area contributed by atoms with Gasteiger partial charge in [-0.3, -0.25) is 4.79 Å². The third-order valence-electron chi connectivity index (χ3n) is 2.70. The minimum absolute atomic E-state index is 0.0251. The maximum absolute atomic E-state index is 11.8. The number of aromatic hydroxyl groups is 1. The van der Waals surface area contributed by atoms with Crippen molar-refractivity contribution in [1.82, 2.24) is 0 Å². The molecule has 7 heteroatoms. The Morgan fingerprint density at radius 1 is 1.45 bits per heavy atom. The molecule has 7 nitrogen and oxygen atoms in total. The summed E-state index contributed by atoms with van der Waals surface area (Å²) in [7, 11) is 1.56. The van der Waals surface area contributed by atoms with E-state index in [1.807, 2.05) is 0 Å². The van der Waals surface area contributed by atoms with Crippen molar-refractivity contribution in [2.24, 2.45) is 5.73 Å². The molecule has 0 radical (unpaired) electrons. The highest BCUT2D eigenvalue weighted by Crippen LogP contribution is 2.24. The third kappa shape index (κ3) is 4.52. The number of rotatable bonds is 7. The Balaban J connectivity index is 2.69. The van der Waals surface area contributed by atoms with Crippen LogP contribution in [0, 0.1) is 0 Å². The molecule has 0 aliphatic rings. The maximum Gasteiger partial charge on any atom is 0.335 e. The molecule has 20 heavy (non-hydrogen) atoms. The van der Waals surface area contributed by atoms with Crippen LogP contribution in [0.25, 0.3) is 0 Å². The minimum atomic E-state index is -1.15. The summed E-state index contributed by atoms with van der Waals surface area (Å²) in [5.41, 5.74) is 5.68. The van der Waals surface area contributed by atoms with E-state index in [-0.39, 0.29) is 17.0 Å². The molecule has 0 saturated heterocycles. The Morgan fingerprint density at radius 3 is 2.75 bits per heavy atom. The molecule has 1 unspecified atom stereocenters. The van der Waals surface area contributed by atoms with E-state index in [4.69, 9.17) is 15.6 Å². The minimum Gasteiger partial charge on any atom is -0.506 e. The highest BCUT2D eigenvalue weighted by Gasteiger charge is 2.16.